The zero-order valence-corrected chi connectivity index (χ0v) is 18.0. The SMILES string of the molecule is Cc1ccc(S(=O)(=O)[N-][C@H](c2ccccc2)[C@H]([NH-])c2ccccc2)cc1.[Ir]. The zero-order chi connectivity index (χ0) is 18.6. The minimum atomic E-state index is -3.87. The van der Waals surface area contributed by atoms with E-state index in [2.05, 4.69) is 4.72 Å². The first kappa shape index (κ1) is 21.5. The molecule has 1 radical (unpaired) electrons. The van der Waals surface area contributed by atoms with Crippen molar-refractivity contribution in [3.8, 4) is 0 Å². The van der Waals surface area contributed by atoms with Gasteiger partial charge in [0.2, 0.25) is 0 Å². The Morgan fingerprint density at radius 3 is 1.78 bits per heavy atom. The Morgan fingerprint density at radius 1 is 0.778 bits per heavy atom. The number of hydrogen-bond donors (Lipinski definition) is 0. The fourth-order valence-electron chi connectivity index (χ4n) is 2.73. The van der Waals surface area contributed by atoms with Crippen molar-refractivity contribution >= 4 is 10.0 Å². The quantitative estimate of drug-likeness (QED) is 0.397. The van der Waals surface area contributed by atoms with Gasteiger partial charge in [-0.1, -0.05) is 89.5 Å². The van der Waals surface area contributed by atoms with Crippen LogP contribution in [0.3, 0.4) is 0 Å². The summed E-state index contributed by atoms with van der Waals surface area (Å²) in [7, 11) is -3.87. The second-order valence-corrected chi connectivity index (χ2v) is 7.77. The topological polar surface area (TPSA) is 72.0 Å². The fraction of sp³-hybridized carbons (Fsp3) is 0.143. The summed E-state index contributed by atoms with van der Waals surface area (Å²) in [6.45, 7) is 1.90. The maximum atomic E-state index is 12.8. The van der Waals surface area contributed by atoms with Crippen LogP contribution in [0.5, 0.6) is 0 Å². The predicted molar refractivity (Wildman–Crippen MR) is 104 cm³/mol. The number of hydrogen-bond acceptors (Lipinski definition) is 2. The molecule has 0 saturated carbocycles. The van der Waals surface area contributed by atoms with Crippen molar-refractivity contribution in [3.05, 3.63) is 112 Å². The largest absolute Gasteiger partial charge is 0.672 e. The Morgan fingerprint density at radius 2 is 1.26 bits per heavy atom. The molecule has 0 aliphatic carbocycles. The summed E-state index contributed by atoms with van der Waals surface area (Å²) in [5.41, 5.74) is 11.0. The van der Waals surface area contributed by atoms with Crippen LogP contribution >= 0.6 is 0 Å². The van der Waals surface area contributed by atoms with Crippen LogP contribution < -0.4 is 0 Å². The number of benzene rings is 3. The summed E-state index contributed by atoms with van der Waals surface area (Å²) in [4.78, 5) is 0.143. The standard InChI is InChI=1S/C21H20N2O2S.Ir/c1-16-12-14-19(15-13-16)26(24,25)23-21(18-10-6-3-7-11-18)20(22)17-8-4-2-5-9-17;/h2-15,20-22H,1H3;/q-2;/t20-,21-;/m1./s1. The van der Waals surface area contributed by atoms with E-state index < -0.39 is 22.1 Å². The van der Waals surface area contributed by atoms with Gasteiger partial charge >= 0.3 is 0 Å². The van der Waals surface area contributed by atoms with Gasteiger partial charge in [-0.15, -0.1) is 12.1 Å². The maximum Gasteiger partial charge on any atom is 0.101 e. The molecule has 0 amide bonds. The fourth-order valence-corrected chi connectivity index (χ4v) is 3.87. The number of sulfonamides is 1. The van der Waals surface area contributed by atoms with Crippen molar-refractivity contribution in [2.45, 2.75) is 23.9 Å². The Balaban J connectivity index is 0.00000261. The molecule has 0 saturated heterocycles. The predicted octanol–water partition coefficient (Wildman–Crippen LogP) is 5.59. The molecule has 0 fully saturated rings. The van der Waals surface area contributed by atoms with Crippen molar-refractivity contribution in [2.24, 2.45) is 0 Å². The van der Waals surface area contributed by atoms with E-state index >= 15 is 0 Å². The third kappa shape index (κ3) is 5.34. The molecule has 0 unspecified atom stereocenters. The maximum absolute atomic E-state index is 12.8. The second-order valence-electron chi connectivity index (χ2n) is 6.14. The molecule has 0 aliphatic rings. The molecular formula is C21H20IrN2O2S-2. The van der Waals surface area contributed by atoms with Gasteiger partial charge in [0.15, 0.2) is 0 Å². The molecule has 0 heterocycles. The van der Waals surface area contributed by atoms with Crippen LogP contribution in [-0.4, -0.2) is 8.42 Å². The molecule has 3 aromatic rings. The van der Waals surface area contributed by atoms with E-state index in [0.29, 0.717) is 5.56 Å². The minimum Gasteiger partial charge on any atom is -0.672 e. The Kier molecular flexibility index (Phi) is 7.48. The smallest absolute Gasteiger partial charge is 0.101 e. The summed E-state index contributed by atoms with van der Waals surface area (Å²) < 4.78 is 29.8. The molecule has 2 atom stereocenters. The molecule has 27 heavy (non-hydrogen) atoms. The summed E-state index contributed by atoms with van der Waals surface area (Å²) in [6, 6.07) is 23.3. The van der Waals surface area contributed by atoms with Gasteiger partial charge in [-0.2, -0.15) is 0 Å². The minimum absolute atomic E-state index is 0. The molecule has 6 heteroatoms. The van der Waals surface area contributed by atoms with Crippen LogP contribution in [0.25, 0.3) is 10.5 Å². The molecule has 143 valence electrons. The summed E-state index contributed by atoms with van der Waals surface area (Å²) in [6.07, 6.45) is 0. The summed E-state index contributed by atoms with van der Waals surface area (Å²) >= 11 is 0. The first-order chi connectivity index (χ1) is 12.5. The Labute approximate surface area is 174 Å². The molecule has 0 spiro atoms. The monoisotopic (exact) mass is 557 g/mol. The molecule has 0 bridgehead atoms. The summed E-state index contributed by atoms with van der Waals surface area (Å²) in [5, 5.41) is 0. The van der Waals surface area contributed by atoms with E-state index in [0.717, 1.165) is 11.1 Å². The van der Waals surface area contributed by atoms with Gasteiger partial charge in [0.05, 0.1) is 0 Å². The third-order valence-electron chi connectivity index (χ3n) is 4.19. The van der Waals surface area contributed by atoms with Gasteiger partial charge in [0.1, 0.15) is 10.0 Å². The van der Waals surface area contributed by atoms with E-state index in [9.17, 15) is 8.42 Å². The molecule has 0 aliphatic heterocycles. The normalized spacial score (nSPS) is 13.4. The van der Waals surface area contributed by atoms with E-state index in [1.165, 1.54) is 0 Å². The van der Waals surface area contributed by atoms with Gasteiger partial charge < -0.3 is 10.5 Å². The van der Waals surface area contributed by atoms with Crippen molar-refractivity contribution < 1.29 is 28.5 Å². The van der Waals surface area contributed by atoms with Crippen LogP contribution in [0.4, 0.5) is 0 Å². The zero-order valence-electron chi connectivity index (χ0n) is 14.7. The third-order valence-corrected chi connectivity index (χ3v) is 5.56. The van der Waals surface area contributed by atoms with Gasteiger partial charge in [-0.05, 0) is 19.1 Å². The van der Waals surface area contributed by atoms with Crippen LogP contribution in [0, 0.1) is 6.92 Å². The molecule has 4 nitrogen and oxygen atoms in total. The van der Waals surface area contributed by atoms with Crippen molar-refractivity contribution in [3.63, 3.8) is 0 Å². The van der Waals surface area contributed by atoms with Gasteiger partial charge in [0, 0.05) is 25.0 Å². The van der Waals surface area contributed by atoms with Gasteiger partial charge in [0.25, 0.3) is 0 Å². The van der Waals surface area contributed by atoms with Crippen molar-refractivity contribution in [1.82, 2.24) is 0 Å². The van der Waals surface area contributed by atoms with E-state index in [-0.39, 0.29) is 25.0 Å². The van der Waals surface area contributed by atoms with Crippen LogP contribution in [-0.2, 0) is 30.1 Å². The first-order valence-corrected chi connectivity index (χ1v) is 9.76. The molecule has 0 aromatic heterocycles. The Bertz CT molecular complexity index is 946. The number of rotatable bonds is 6. The number of nitrogens with zero attached hydrogens (tertiary/aromatic N) is 1. The van der Waals surface area contributed by atoms with Crippen molar-refractivity contribution in [1.29, 1.82) is 0 Å². The second kappa shape index (κ2) is 9.40. The van der Waals surface area contributed by atoms with Gasteiger partial charge in [-0.25, -0.2) is 8.42 Å². The number of aryl methyl sites for hydroxylation is 1. The van der Waals surface area contributed by atoms with Crippen LogP contribution in [0.1, 0.15) is 28.8 Å². The van der Waals surface area contributed by atoms with E-state index in [1.807, 2.05) is 67.6 Å². The molecule has 3 rings (SSSR count). The van der Waals surface area contributed by atoms with E-state index in [4.69, 9.17) is 5.73 Å². The molecule has 3 aromatic carbocycles. The van der Waals surface area contributed by atoms with Crippen molar-refractivity contribution in [2.75, 3.05) is 0 Å². The first-order valence-electron chi connectivity index (χ1n) is 8.32. The number of nitrogens with one attached hydrogen (secondary N) is 1. The van der Waals surface area contributed by atoms with Crippen LogP contribution in [0.15, 0.2) is 89.8 Å². The van der Waals surface area contributed by atoms with Crippen LogP contribution in [0.2, 0.25) is 0 Å². The van der Waals surface area contributed by atoms with E-state index in [1.54, 1.807) is 24.3 Å². The summed E-state index contributed by atoms with van der Waals surface area (Å²) in [5.74, 6) is 0. The average molecular weight is 557 g/mol. The molecular weight excluding hydrogens is 537 g/mol. The average Bonchev–Trinajstić information content (AvgIpc) is 2.67. The van der Waals surface area contributed by atoms with Gasteiger partial charge in [-0.3, -0.25) is 0 Å². The Hall–Kier alpha value is -1.82. The molecule has 1 N–H and O–H groups in total.